The molecule has 1 aliphatic heterocycles. The number of nitrogens with zero attached hydrogens (tertiary/aromatic N) is 1. The number of rotatable bonds is 3. The largest absolute Gasteiger partial charge is 0.376 e. The highest BCUT2D eigenvalue weighted by Gasteiger charge is 2.23. The van der Waals surface area contributed by atoms with Crippen molar-refractivity contribution in [2.24, 2.45) is 0 Å². The Morgan fingerprint density at radius 3 is 2.96 bits per heavy atom. The summed E-state index contributed by atoms with van der Waals surface area (Å²) in [5, 5.41) is 10.2. The predicted molar refractivity (Wildman–Crippen MR) is 90.9 cm³/mol. The lowest BCUT2D eigenvalue weighted by Gasteiger charge is -2.20. The minimum atomic E-state index is -0.136. The molecule has 0 fully saturated rings. The zero-order valence-electron chi connectivity index (χ0n) is 14.0. The molecule has 2 N–H and O–H groups in total. The fourth-order valence-corrected chi connectivity index (χ4v) is 3.67. The van der Waals surface area contributed by atoms with E-state index in [9.17, 15) is 4.79 Å². The Kier molecular flexibility index (Phi) is 4.10. The lowest BCUT2D eigenvalue weighted by atomic mass is 9.89. The number of carbonyl (C=O) groups is 1. The molecule has 126 valence electrons. The number of amides is 1. The number of fused-ring (bicyclic) bond motifs is 2. The minimum Gasteiger partial charge on any atom is -0.376 e. The Hall–Kier alpha value is -2.14. The Labute approximate surface area is 141 Å². The number of nitrogens with one attached hydrogen (secondary N) is 2. The van der Waals surface area contributed by atoms with Gasteiger partial charge in [0.15, 0.2) is 5.69 Å². The number of aryl methyl sites for hydroxylation is 2. The number of ether oxygens (including phenoxy) is 1. The summed E-state index contributed by atoms with van der Waals surface area (Å²) in [5.41, 5.74) is 6.44. The molecule has 0 saturated heterocycles. The summed E-state index contributed by atoms with van der Waals surface area (Å²) in [6.45, 7) is 3.17. The van der Waals surface area contributed by atoms with Gasteiger partial charge in [-0.3, -0.25) is 9.89 Å². The highest BCUT2D eigenvalue weighted by molar-refractivity contribution is 5.94. The van der Waals surface area contributed by atoms with Gasteiger partial charge in [-0.1, -0.05) is 18.2 Å². The molecule has 0 saturated carbocycles. The molecule has 24 heavy (non-hydrogen) atoms. The molecule has 5 nitrogen and oxygen atoms in total. The second-order valence-corrected chi connectivity index (χ2v) is 6.76. The molecule has 1 amide bonds. The van der Waals surface area contributed by atoms with Gasteiger partial charge >= 0.3 is 0 Å². The Morgan fingerprint density at radius 1 is 1.25 bits per heavy atom. The van der Waals surface area contributed by atoms with Gasteiger partial charge in [0.1, 0.15) is 0 Å². The van der Waals surface area contributed by atoms with Crippen molar-refractivity contribution in [1.82, 2.24) is 15.5 Å². The average molecular weight is 325 g/mol. The van der Waals surface area contributed by atoms with E-state index in [4.69, 9.17) is 4.74 Å². The number of hydrogen-bond acceptors (Lipinski definition) is 3. The van der Waals surface area contributed by atoms with Crippen molar-refractivity contribution in [3.63, 3.8) is 0 Å². The van der Waals surface area contributed by atoms with Crippen LogP contribution in [0.3, 0.4) is 0 Å². The van der Waals surface area contributed by atoms with E-state index in [0.29, 0.717) is 18.9 Å². The molecule has 1 atom stereocenters. The lowest BCUT2D eigenvalue weighted by molar-refractivity contribution is 0.0912. The third kappa shape index (κ3) is 2.84. The summed E-state index contributed by atoms with van der Waals surface area (Å²) < 4.78 is 5.46. The van der Waals surface area contributed by atoms with Crippen LogP contribution in [0.1, 0.15) is 64.2 Å². The molecule has 1 unspecified atom stereocenters. The number of aromatic nitrogens is 2. The van der Waals surface area contributed by atoms with Crippen molar-refractivity contribution in [3.8, 4) is 0 Å². The first-order chi connectivity index (χ1) is 11.7. The molecule has 5 heteroatoms. The molecular weight excluding hydrogens is 302 g/mol. The molecule has 2 heterocycles. The van der Waals surface area contributed by atoms with Gasteiger partial charge in [0.25, 0.3) is 5.91 Å². The van der Waals surface area contributed by atoms with E-state index in [0.717, 1.165) is 29.7 Å². The number of H-pyrrole nitrogens is 1. The summed E-state index contributed by atoms with van der Waals surface area (Å²) >= 11 is 0. The van der Waals surface area contributed by atoms with Crippen LogP contribution in [0.4, 0.5) is 0 Å². The number of benzene rings is 1. The molecule has 0 radical (unpaired) electrons. The van der Waals surface area contributed by atoms with Crippen LogP contribution in [-0.2, 0) is 30.6 Å². The van der Waals surface area contributed by atoms with Gasteiger partial charge in [-0.15, -0.1) is 0 Å². The monoisotopic (exact) mass is 325 g/mol. The number of carbonyl (C=O) groups excluding carboxylic acids is 1. The molecule has 0 spiro atoms. The van der Waals surface area contributed by atoms with E-state index >= 15 is 0 Å². The van der Waals surface area contributed by atoms with Crippen molar-refractivity contribution in [2.45, 2.75) is 51.7 Å². The third-order valence-electron chi connectivity index (χ3n) is 5.13. The van der Waals surface area contributed by atoms with E-state index in [1.54, 1.807) is 0 Å². The number of hydrogen-bond donors (Lipinski definition) is 2. The summed E-state index contributed by atoms with van der Waals surface area (Å²) in [4.78, 5) is 12.6. The summed E-state index contributed by atoms with van der Waals surface area (Å²) in [7, 11) is 0. The van der Waals surface area contributed by atoms with Gasteiger partial charge < -0.3 is 10.1 Å². The summed E-state index contributed by atoms with van der Waals surface area (Å²) in [5.74, 6) is -0.136. The fraction of sp³-hybridized carbons (Fsp3) is 0.474. The molecule has 1 aliphatic carbocycles. The highest BCUT2D eigenvalue weighted by atomic mass is 16.5. The topological polar surface area (TPSA) is 67.0 Å². The van der Waals surface area contributed by atoms with E-state index in [1.165, 1.54) is 30.4 Å². The van der Waals surface area contributed by atoms with Gasteiger partial charge in [-0.2, -0.15) is 5.10 Å². The predicted octanol–water partition coefficient (Wildman–Crippen LogP) is 2.85. The molecule has 4 rings (SSSR count). The maximum Gasteiger partial charge on any atom is 0.272 e. The minimum absolute atomic E-state index is 0.0402. The molecule has 2 aliphatic rings. The zero-order valence-corrected chi connectivity index (χ0v) is 14.0. The first kappa shape index (κ1) is 15.4. The second-order valence-electron chi connectivity index (χ2n) is 6.76. The lowest BCUT2D eigenvalue weighted by Crippen LogP contribution is -2.28. The SMILES string of the molecule is CC(NC(=O)c1n[nH]c2c1COCC2)c1ccc2c(c1)CCCC2. The van der Waals surface area contributed by atoms with Gasteiger partial charge in [-0.05, 0) is 49.3 Å². The number of aromatic amines is 1. The van der Waals surface area contributed by atoms with Crippen LogP contribution < -0.4 is 5.32 Å². The second kappa shape index (κ2) is 6.40. The van der Waals surface area contributed by atoms with Gasteiger partial charge in [0.05, 0.1) is 19.3 Å². The van der Waals surface area contributed by atoms with Crippen molar-refractivity contribution >= 4 is 5.91 Å². The maximum absolute atomic E-state index is 12.6. The third-order valence-corrected chi connectivity index (χ3v) is 5.13. The van der Waals surface area contributed by atoms with Gasteiger partial charge in [0, 0.05) is 17.7 Å². The normalized spacial score (nSPS) is 17.7. The molecule has 1 aromatic heterocycles. The molecule has 1 aromatic carbocycles. The fourth-order valence-electron chi connectivity index (χ4n) is 3.67. The average Bonchev–Trinajstić information content (AvgIpc) is 3.05. The maximum atomic E-state index is 12.6. The van der Waals surface area contributed by atoms with Crippen LogP contribution in [0.25, 0.3) is 0 Å². The van der Waals surface area contributed by atoms with Crippen molar-refractivity contribution in [1.29, 1.82) is 0 Å². The first-order valence-electron chi connectivity index (χ1n) is 8.79. The molecule has 0 bridgehead atoms. The first-order valence-corrected chi connectivity index (χ1v) is 8.79. The van der Waals surface area contributed by atoms with Crippen LogP contribution in [0.2, 0.25) is 0 Å². The van der Waals surface area contributed by atoms with Crippen molar-refractivity contribution in [2.75, 3.05) is 6.61 Å². The van der Waals surface area contributed by atoms with E-state index in [1.807, 2.05) is 6.92 Å². The Morgan fingerprint density at radius 2 is 2.08 bits per heavy atom. The van der Waals surface area contributed by atoms with E-state index in [-0.39, 0.29) is 11.9 Å². The van der Waals surface area contributed by atoms with Crippen LogP contribution in [0.15, 0.2) is 18.2 Å². The van der Waals surface area contributed by atoms with Crippen LogP contribution >= 0.6 is 0 Å². The van der Waals surface area contributed by atoms with Crippen LogP contribution in [0, 0.1) is 0 Å². The van der Waals surface area contributed by atoms with Crippen LogP contribution in [-0.4, -0.2) is 22.7 Å². The standard InChI is InChI=1S/C19H23N3O2/c1-12(14-7-6-13-4-2-3-5-15(13)10-14)20-19(23)18-16-11-24-9-8-17(16)21-22-18/h6-7,10,12H,2-5,8-9,11H2,1H3,(H,20,23)(H,21,22). The molecule has 2 aromatic rings. The smallest absolute Gasteiger partial charge is 0.272 e. The highest BCUT2D eigenvalue weighted by Crippen LogP contribution is 2.25. The van der Waals surface area contributed by atoms with E-state index in [2.05, 4.69) is 33.7 Å². The van der Waals surface area contributed by atoms with Crippen molar-refractivity contribution in [3.05, 3.63) is 51.8 Å². The van der Waals surface area contributed by atoms with Gasteiger partial charge in [-0.25, -0.2) is 0 Å². The molecular formula is C19H23N3O2. The summed E-state index contributed by atoms with van der Waals surface area (Å²) in [6, 6.07) is 6.57. The van der Waals surface area contributed by atoms with Crippen LogP contribution in [0.5, 0.6) is 0 Å². The summed E-state index contributed by atoms with van der Waals surface area (Å²) in [6.07, 6.45) is 5.65. The van der Waals surface area contributed by atoms with Crippen molar-refractivity contribution < 1.29 is 9.53 Å². The Bertz CT molecular complexity index is 766. The van der Waals surface area contributed by atoms with E-state index < -0.39 is 0 Å². The quantitative estimate of drug-likeness (QED) is 0.912. The van der Waals surface area contributed by atoms with Gasteiger partial charge in [0.2, 0.25) is 0 Å². The Balaban J connectivity index is 1.50. The zero-order chi connectivity index (χ0) is 16.5.